The number of β-lactam (4-membered cyclic amide) rings is 1. The Labute approximate surface area is 217 Å². The number of aryl methyl sites for hydroxylation is 1. The number of carbonyl (C=O) groups excluding carboxylic acids is 3. The van der Waals surface area contributed by atoms with E-state index in [-0.39, 0.29) is 36.9 Å². The SMILES string of the molecule is CCC[C@@H](NC(=O)CN1C(=O)C(CC)(CC)[C@@H]1OCC(=O)N(CC)CCNCC)c1ccc(C)cc1. The van der Waals surface area contributed by atoms with Crippen molar-refractivity contribution in [2.45, 2.75) is 79.5 Å². The number of ether oxygens (including phenoxy) is 1. The fourth-order valence-corrected chi connectivity index (χ4v) is 4.93. The summed E-state index contributed by atoms with van der Waals surface area (Å²) in [7, 11) is 0. The molecule has 2 atom stereocenters. The fraction of sp³-hybridized carbons (Fsp3) is 0.679. The van der Waals surface area contributed by atoms with Crippen molar-refractivity contribution in [2.75, 3.05) is 39.3 Å². The minimum Gasteiger partial charge on any atom is -0.348 e. The highest BCUT2D eigenvalue weighted by atomic mass is 16.5. The molecular formula is C28H46N4O4. The van der Waals surface area contributed by atoms with Crippen LogP contribution in [0.3, 0.4) is 0 Å². The second-order valence-electron chi connectivity index (χ2n) is 9.61. The molecule has 36 heavy (non-hydrogen) atoms. The number of carbonyl (C=O) groups is 3. The molecule has 0 aliphatic carbocycles. The van der Waals surface area contributed by atoms with Gasteiger partial charge in [0.15, 0.2) is 0 Å². The zero-order chi connectivity index (χ0) is 26.7. The molecule has 0 aromatic heterocycles. The topological polar surface area (TPSA) is 91.0 Å². The van der Waals surface area contributed by atoms with Crippen LogP contribution in [-0.2, 0) is 19.1 Å². The van der Waals surface area contributed by atoms with E-state index in [2.05, 4.69) is 17.6 Å². The Balaban J connectivity index is 2.07. The average Bonchev–Trinajstić information content (AvgIpc) is 2.87. The minimum atomic E-state index is -0.693. The molecule has 1 saturated heterocycles. The van der Waals surface area contributed by atoms with Crippen LogP contribution in [0.5, 0.6) is 0 Å². The third-order valence-corrected chi connectivity index (χ3v) is 7.32. The van der Waals surface area contributed by atoms with Gasteiger partial charge in [0.25, 0.3) is 0 Å². The maximum atomic E-state index is 13.2. The maximum absolute atomic E-state index is 13.2. The van der Waals surface area contributed by atoms with E-state index in [0.29, 0.717) is 25.9 Å². The van der Waals surface area contributed by atoms with Crippen LogP contribution in [0.2, 0.25) is 0 Å². The zero-order valence-corrected chi connectivity index (χ0v) is 23.1. The van der Waals surface area contributed by atoms with Gasteiger partial charge in [0.1, 0.15) is 19.4 Å². The van der Waals surface area contributed by atoms with E-state index in [1.807, 2.05) is 58.9 Å². The number of nitrogens with zero attached hydrogens (tertiary/aromatic N) is 2. The third kappa shape index (κ3) is 7.07. The summed E-state index contributed by atoms with van der Waals surface area (Å²) < 4.78 is 6.07. The molecule has 1 aliphatic heterocycles. The predicted octanol–water partition coefficient (Wildman–Crippen LogP) is 3.40. The molecule has 0 spiro atoms. The van der Waals surface area contributed by atoms with Crippen molar-refractivity contribution < 1.29 is 19.1 Å². The second kappa shape index (κ2) is 14.3. The molecule has 1 fully saturated rings. The van der Waals surface area contributed by atoms with Crippen LogP contribution in [0.4, 0.5) is 0 Å². The van der Waals surface area contributed by atoms with Crippen molar-refractivity contribution in [3.8, 4) is 0 Å². The molecule has 1 aromatic carbocycles. The average molecular weight is 503 g/mol. The van der Waals surface area contributed by atoms with Crippen LogP contribution in [0, 0.1) is 12.3 Å². The zero-order valence-electron chi connectivity index (χ0n) is 23.1. The standard InChI is InChI=1S/C28H46N4O4/c1-7-12-23(22-15-13-21(6)14-16-22)30-24(33)19-32-26(35)28(8-2,9-3)27(32)36-20-25(34)31(11-5)18-17-29-10-4/h13-16,23,27,29H,7-12,17-20H2,1-6H3,(H,30,33)/t23-,27+/m1/s1. The summed E-state index contributed by atoms with van der Waals surface area (Å²) in [5.41, 5.74) is 1.53. The fourth-order valence-electron chi connectivity index (χ4n) is 4.93. The molecule has 3 amide bonds. The van der Waals surface area contributed by atoms with Crippen LogP contribution in [-0.4, -0.2) is 73.1 Å². The molecule has 0 unspecified atom stereocenters. The lowest BCUT2D eigenvalue weighted by Crippen LogP contribution is -2.71. The normalized spacial score (nSPS) is 17.4. The summed E-state index contributed by atoms with van der Waals surface area (Å²) in [6, 6.07) is 8.04. The van der Waals surface area contributed by atoms with Gasteiger partial charge in [0, 0.05) is 19.6 Å². The first kappa shape index (κ1) is 29.8. The summed E-state index contributed by atoms with van der Waals surface area (Å²) in [5.74, 6) is -0.409. The van der Waals surface area contributed by atoms with Crippen molar-refractivity contribution in [3.05, 3.63) is 35.4 Å². The van der Waals surface area contributed by atoms with Gasteiger partial charge in [-0.25, -0.2) is 0 Å². The van der Waals surface area contributed by atoms with Crippen molar-refractivity contribution in [2.24, 2.45) is 5.41 Å². The Morgan fingerprint density at radius 2 is 1.78 bits per heavy atom. The number of nitrogens with one attached hydrogen (secondary N) is 2. The van der Waals surface area contributed by atoms with E-state index in [4.69, 9.17) is 4.74 Å². The van der Waals surface area contributed by atoms with E-state index in [1.54, 1.807) is 4.90 Å². The summed E-state index contributed by atoms with van der Waals surface area (Å²) in [6.45, 7) is 14.6. The van der Waals surface area contributed by atoms with Gasteiger partial charge >= 0.3 is 0 Å². The highest BCUT2D eigenvalue weighted by molar-refractivity contribution is 5.93. The number of hydrogen-bond donors (Lipinski definition) is 2. The summed E-state index contributed by atoms with van der Waals surface area (Å²) in [5, 5.41) is 6.34. The van der Waals surface area contributed by atoms with Gasteiger partial charge in [-0.05, 0) is 45.2 Å². The van der Waals surface area contributed by atoms with Gasteiger partial charge in [-0.1, -0.05) is 63.9 Å². The largest absolute Gasteiger partial charge is 0.348 e. The van der Waals surface area contributed by atoms with Gasteiger partial charge in [0.05, 0.1) is 11.5 Å². The number of hydrogen-bond acceptors (Lipinski definition) is 5. The molecule has 0 bridgehead atoms. The summed E-state index contributed by atoms with van der Waals surface area (Å²) >= 11 is 0. The van der Waals surface area contributed by atoms with Crippen molar-refractivity contribution in [1.82, 2.24) is 20.4 Å². The molecule has 1 aliphatic rings. The summed E-state index contributed by atoms with van der Waals surface area (Å²) in [4.78, 5) is 42.3. The predicted molar refractivity (Wildman–Crippen MR) is 142 cm³/mol. The molecule has 8 nitrogen and oxygen atoms in total. The van der Waals surface area contributed by atoms with E-state index in [1.165, 1.54) is 10.5 Å². The molecule has 2 rings (SSSR count). The number of benzene rings is 1. The number of likely N-dealkylation sites (tertiary alicyclic amines) is 1. The Kier molecular flexibility index (Phi) is 11.9. The van der Waals surface area contributed by atoms with Gasteiger partial charge in [-0.2, -0.15) is 0 Å². The molecular weight excluding hydrogens is 456 g/mol. The summed E-state index contributed by atoms with van der Waals surface area (Å²) in [6.07, 6.45) is 2.33. The van der Waals surface area contributed by atoms with Crippen LogP contribution < -0.4 is 10.6 Å². The lowest BCUT2D eigenvalue weighted by atomic mass is 9.71. The Morgan fingerprint density at radius 1 is 1.11 bits per heavy atom. The molecule has 1 aromatic rings. The molecule has 1 heterocycles. The quantitative estimate of drug-likeness (QED) is 0.267. The number of amides is 3. The Bertz CT molecular complexity index is 854. The van der Waals surface area contributed by atoms with Crippen molar-refractivity contribution >= 4 is 17.7 Å². The molecule has 0 saturated carbocycles. The first-order valence-electron chi connectivity index (χ1n) is 13.5. The van der Waals surface area contributed by atoms with Crippen LogP contribution in [0.15, 0.2) is 24.3 Å². The first-order valence-corrected chi connectivity index (χ1v) is 13.5. The molecule has 8 heteroatoms. The maximum Gasteiger partial charge on any atom is 0.248 e. The van der Waals surface area contributed by atoms with Gasteiger partial charge in [0.2, 0.25) is 17.7 Å². The van der Waals surface area contributed by atoms with Gasteiger partial charge in [-0.3, -0.25) is 14.4 Å². The second-order valence-corrected chi connectivity index (χ2v) is 9.61. The van der Waals surface area contributed by atoms with E-state index >= 15 is 0 Å². The van der Waals surface area contributed by atoms with E-state index < -0.39 is 11.6 Å². The van der Waals surface area contributed by atoms with Crippen LogP contribution >= 0.6 is 0 Å². The highest BCUT2D eigenvalue weighted by Gasteiger charge is 2.59. The highest BCUT2D eigenvalue weighted by Crippen LogP contribution is 2.45. The van der Waals surface area contributed by atoms with E-state index in [0.717, 1.165) is 31.5 Å². The first-order chi connectivity index (χ1) is 17.3. The van der Waals surface area contributed by atoms with Crippen LogP contribution in [0.25, 0.3) is 0 Å². The Morgan fingerprint density at radius 3 is 2.33 bits per heavy atom. The van der Waals surface area contributed by atoms with Crippen molar-refractivity contribution in [3.63, 3.8) is 0 Å². The third-order valence-electron chi connectivity index (χ3n) is 7.32. The lowest BCUT2D eigenvalue weighted by molar-refractivity contribution is -0.224. The monoisotopic (exact) mass is 502 g/mol. The van der Waals surface area contributed by atoms with Crippen LogP contribution in [0.1, 0.15) is 77.5 Å². The van der Waals surface area contributed by atoms with Gasteiger partial charge < -0.3 is 25.2 Å². The smallest absolute Gasteiger partial charge is 0.248 e. The number of likely N-dealkylation sites (N-methyl/N-ethyl adjacent to an activating group) is 2. The lowest BCUT2D eigenvalue weighted by Gasteiger charge is -2.54. The van der Waals surface area contributed by atoms with E-state index in [9.17, 15) is 14.4 Å². The molecule has 0 radical (unpaired) electrons. The van der Waals surface area contributed by atoms with Gasteiger partial charge in [-0.15, -0.1) is 0 Å². The molecule has 202 valence electrons. The molecule has 2 N–H and O–H groups in total. The minimum absolute atomic E-state index is 0.0799. The Hall–Kier alpha value is -2.45. The number of rotatable bonds is 16. The van der Waals surface area contributed by atoms with Crippen molar-refractivity contribution in [1.29, 1.82) is 0 Å².